The number of nitrogens with one attached hydrogen (secondary N) is 1. The number of halogens is 1. The quantitative estimate of drug-likeness (QED) is 0.553. The zero-order chi connectivity index (χ0) is 21.6. The first-order valence-electron chi connectivity index (χ1n) is 9.23. The number of carbonyl (C=O) groups is 1. The minimum absolute atomic E-state index is 0.0857. The molecule has 0 aliphatic carbocycles. The Morgan fingerprint density at radius 1 is 1.00 bits per heavy atom. The Morgan fingerprint density at radius 3 is 2.33 bits per heavy atom. The summed E-state index contributed by atoms with van der Waals surface area (Å²) in [6.07, 6.45) is 1.50. The van der Waals surface area contributed by atoms with E-state index < -0.39 is 10.0 Å². The molecule has 1 amide bonds. The smallest absolute Gasteiger partial charge is 0.264 e. The van der Waals surface area contributed by atoms with Crippen LogP contribution in [0.4, 0.5) is 10.1 Å². The summed E-state index contributed by atoms with van der Waals surface area (Å²) in [5.74, 6) is -0.708. The lowest BCUT2D eigenvalue weighted by molar-refractivity contribution is 0.0951. The van der Waals surface area contributed by atoms with Crippen LogP contribution in [0.15, 0.2) is 96.4 Å². The lowest BCUT2D eigenvalue weighted by atomic mass is 10.1. The molecular formula is C23H21FN2O3S. The van der Waals surface area contributed by atoms with Crippen molar-refractivity contribution >= 4 is 21.6 Å². The second-order valence-electron chi connectivity index (χ2n) is 6.50. The monoisotopic (exact) mass is 424 g/mol. The van der Waals surface area contributed by atoms with Gasteiger partial charge in [-0.1, -0.05) is 36.4 Å². The molecule has 0 radical (unpaired) electrons. The molecule has 0 bridgehead atoms. The molecule has 30 heavy (non-hydrogen) atoms. The van der Waals surface area contributed by atoms with Gasteiger partial charge in [0.25, 0.3) is 15.9 Å². The topological polar surface area (TPSA) is 66.5 Å². The summed E-state index contributed by atoms with van der Waals surface area (Å²) in [4.78, 5) is 12.5. The Kier molecular flexibility index (Phi) is 6.64. The molecular weight excluding hydrogens is 403 g/mol. The molecule has 3 rings (SSSR count). The number of benzene rings is 3. The molecule has 0 fully saturated rings. The molecule has 0 spiro atoms. The van der Waals surface area contributed by atoms with Gasteiger partial charge in [0.1, 0.15) is 5.82 Å². The van der Waals surface area contributed by atoms with Crippen molar-refractivity contribution < 1.29 is 17.6 Å². The van der Waals surface area contributed by atoms with Crippen LogP contribution in [0.25, 0.3) is 0 Å². The second kappa shape index (κ2) is 9.37. The maximum atomic E-state index is 13.2. The van der Waals surface area contributed by atoms with Crippen molar-refractivity contribution in [2.45, 2.75) is 11.4 Å². The molecule has 0 aliphatic rings. The fraction of sp³-hybridized carbons (Fsp3) is 0.0870. The highest BCUT2D eigenvalue weighted by Gasteiger charge is 2.23. The molecule has 0 saturated carbocycles. The van der Waals surface area contributed by atoms with Crippen LogP contribution >= 0.6 is 0 Å². The summed E-state index contributed by atoms with van der Waals surface area (Å²) in [7, 11) is -3.77. The lowest BCUT2D eigenvalue weighted by Crippen LogP contribution is -2.31. The van der Waals surface area contributed by atoms with Gasteiger partial charge in [-0.05, 0) is 54.1 Å². The number of anilines is 1. The van der Waals surface area contributed by atoms with Gasteiger partial charge in [0.05, 0.1) is 17.1 Å². The molecule has 0 atom stereocenters. The standard InChI is InChI=1S/C23H21FN2O3S/c1-2-15-26(30(28,29)22-9-4-3-5-10-22)21-13-11-19(12-14-21)23(27)25-17-18-7-6-8-20(24)16-18/h2-14,16H,1,15,17H2,(H,25,27). The number of sulfonamides is 1. The van der Waals surface area contributed by atoms with E-state index in [1.807, 2.05) is 0 Å². The Hall–Kier alpha value is -3.45. The van der Waals surface area contributed by atoms with Crippen LogP contribution in [0.3, 0.4) is 0 Å². The molecule has 3 aromatic carbocycles. The summed E-state index contributed by atoms with van der Waals surface area (Å²) >= 11 is 0. The van der Waals surface area contributed by atoms with Crippen LogP contribution in [-0.4, -0.2) is 20.9 Å². The van der Waals surface area contributed by atoms with Crippen LogP contribution in [0.5, 0.6) is 0 Å². The minimum Gasteiger partial charge on any atom is -0.348 e. The third kappa shape index (κ3) is 4.93. The Balaban J connectivity index is 1.77. The number of amides is 1. The zero-order valence-electron chi connectivity index (χ0n) is 16.2. The van der Waals surface area contributed by atoms with Gasteiger partial charge >= 0.3 is 0 Å². The van der Waals surface area contributed by atoms with Crippen molar-refractivity contribution in [3.8, 4) is 0 Å². The Morgan fingerprint density at radius 2 is 1.70 bits per heavy atom. The maximum Gasteiger partial charge on any atom is 0.264 e. The first kappa shape index (κ1) is 21.3. The van der Waals surface area contributed by atoms with E-state index in [2.05, 4.69) is 11.9 Å². The predicted molar refractivity (Wildman–Crippen MR) is 115 cm³/mol. The van der Waals surface area contributed by atoms with E-state index in [4.69, 9.17) is 0 Å². The molecule has 0 unspecified atom stereocenters. The largest absolute Gasteiger partial charge is 0.348 e. The van der Waals surface area contributed by atoms with Crippen LogP contribution in [0.1, 0.15) is 15.9 Å². The summed E-state index contributed by atoms with van der Waals surface area (Å²) in [5, 5.41) is 2.72. The highest BCUT2D eigenvalue weighted by atomic mass is 32.2. The molecule has 0 saturated heterocycles. The van der Waals surface area contributed by atoms with Gasteiger partial charge in [-0.15, -0.1) is 6.58 Å². The molecule has 0 heterocycles. The zero-order valence-corrected chi connectivity index (χ0v) is 17.0. The Bertz CT molecular complexity index is 1130. The molecule has 0 aliphatic heterocycles. The third-order valence-electron chi connectivity index (χ3n) is 4.39. The van der Waals surface area contributed by atoms with Gasteiger partial charge < -0.3 is 5.32 Å². The number of carbonyl (C=O) groups excluding carboxylic acids is 1. The van der Waals surface area contributed by atoms with Crippen molar-refractivity contribution in [2.75, 3.05) is 10.8 Å². The van der Waals surface area contributed by atoms with E-state index in [0.29, 0.717) is 16.8 Å². The molecule has 3 aromatic rings. The molecule has 1 N–H and O–H groups in total. The van der Waals surface area contributed by atoms with E-state index >= 15 is 0 Å². The average molecular weight is 424 g/mol. The minimum atomic E-state index is -3.77. The number of hydrogen-bond acceptors (Lipinski definition) is 3. The first-order valence-corrected chi connectivity index (χ1v) is 10.7. The highest BCUT2D eigenvalue weighted by Crippen LogP contribution is 2.24. The number of rotatable bonds is 8. The van der Waals surface area contributed by atoms with Crippen LogP contribution < -0.4 is 9.62 Å². The van der Waals surface area contributed by atoms with E-state index in [1.165, 1.54) is 34.6 Å². The normalized spacial score (nSPS) is 11.0. The molecule has 7 heteroatoms. The summed E-state index contributed by atoms with van der Waals surface area (Å²) in [6, 6.07) is 20.3. The van der Waals surface area contributed by atoms with Crippen molar-refractivity contribution in [1.82, 2.24) is 5.32 Å². The number of nitrogens with zero attached hydrogens (tertiary/aromatic N) is 1. The molecule has 5 nitrogen and oxygen atoms in total. The van der Waals surface area contributed by atoms with Crippen LogP contribution in [-0.2, 0) is 16.6 Å². The fourth-order valence-electron chi connectivity index (χ4n) is 2.89. The highest BCUT2D eigenvalue weighted by molar-refractivity contribution is 7.92. The van der Waals surface area contributed by atoms with Crippen molar-refractivity contribution in [1.29, 1.82) is 0 Å². The van der Waals surface area contributed by atoms with Crippen molar-refractivity contribution in [3.05, 3.63) is 108 Å². The predicted octanol–water partition coefficient (Wildman–Crippen LogP) is 4.14. The van der Waals surface area contributed by atoms with Crippen LogP contribution in [0, 0.1) is 5.82 Å². The maximum absolute atomic E-state index is 13.2. The lowest BCUT2D eigenvalue weighted by Gasteiger charge is -2.23. The van der Waals surface area contributed by atoms with Crippen molar-refractivity contribution in [2.24, 2.45) is 0 Å². The Labute approximate surface area is 175 Å². The van der Waals surface area contributed by atoms with Gasteiger partial charge in [0, 0.05) is 12.1 Å². The summed E-state index contributed by atoms with van der Waals surface area (Å²) in [6.45, 7) is 3.91. The van der Waals surface area contributed by atoms with Gasteiger partial charge in [-0.25, -0.2) is 12.8 Å². The van der Waals surface area contributed by atoms with Crippen molar-refractivity contribution in [3.63, 3.8) is 0 Å². The van der Waals surface area contributed by atoms with Gasteiger partial charge in [-0.3, -0.25) is 9.10 Å². The van der Waals surface area contributed by atoms with E-state index in [9.17, 15) is 17.6 Å². The SMILES string of the molecule is C=CCN(c1ccc(C(=O)NCc2cccc(F)c2)cc1)S(=O)(=O)c1ccccc1. The van der Waals surface area contributed by atoms with Gasteiger partial charge in [0.2, 0.25) is 0 Å². The number of hydrogen-bond donors (Lipinski definition) is 1. The second-order valence-corrected chi connectivity index (χ2v) is 8.36. The summed E-state index contributed by atoms with van der Waals surface area (Å²) < 4.78 is 40.5. The van der Waals surface area contributed by atoms with E-state index in [0.717, 1.165) is 0 Å². The summed E-state index contributed by atoms with van der Waals surface area (Å²) in [5.41, 5.74) is 1.43. The van der Waals surface area contributed by atoms with E-state index in [1.54, 1.807) is 54.6 Å². The van der Waals surface area contributed by atoms with Crippen LogP contribution in [0.2, 0.25) is 0 Å². The first-order chi connectivity index (χ1) is 14.4. The molecule has 0 aromatic heterocycles. The van der Waals surface area contributed by atoms with E-state index in [-0.39, 0.29) is 29.7 Å². The average Bonchev–Trinajstić information content (AvgIpc) is 2.76. The fourth-order valence-corrected chi connectivity index (χ4v) is 4.35. The van der Waals surface area contributed by atoms with Gasteiger partial charge in [0.15, 0.2) is 0 Å². The molecule has 154 valence electrons. The van der Waals surface area contributed by atoms with Gasteiger partial charge in [-0.2, -0.15) is 0 Å². The third-order valence-corrected chi connectivity index (χ3v) is 6.19.